The molecule has 140 valence electrons. The second-order valence-electron chi connectivity index (χ2n) is 5.76. The first-order chi connectivity index (χ1) is 12.4. The van der Waals surface area contributed by atoms with Gasteiger partial charge in [-0.05, 0) is 30.7 Å². The number of alkyl halides is 2. The maximum Gasteiger partial charge on any atom is 0.341 e. The molecule has 2 heterocycles. The van der Waals surface area contributed by atoms with Gasteiger partial charge in [-0.15, -0.1) is 11.8 Å². The molecule has 1 atom stereocenters. The van der Waals surface area contributed by atoms with Gasteiger partial charge in [0.25, 0.3) is 5.91 Å². The molecular weight excluding hydrogens is 384 g/mol. The molecule has 1 fully saturated rings. The number of rotatable bonds is 4. The van der Waals surface area contributed by atoms with E-state index in [0.29, 0.717) is 25.3 Å². The third-order valence-corrected chi connectivity index (χ3v) is 6.87. The fourth-order valence-corrected chi connectivity index (χ4v) is 4.94. The van der Waals surface area contributed by atoms with Crippen molar-refractivity contribution in [1.82, 2.24) is 4.90 Å². The van der Waals surface area contributed by atoms with Crippen LogP contribution in [0.25, 0.3) is 0 Å². The van der Waals surface area contributed by atoms with Gasteiger partial charge in [0.2, 0.25) is 9.84 Å². The van der Waals surface area contributed by atoms with Crippen LogP contribution in [0.4, 0.5) is 8.78 Å². The van der Waals surface area contributed by atoms with Gasteiger partial charge in [0.15, 0.2) is 0 Å². The molecule has 1 aromatic heterocycles. The molecule has 0 spiro atoms. The summed E-state index contributed by atoms with van der Waals surface area (Å²) in [5.74, 6) is -2.66. The molecule has 5 nitrogen and oxygen atoms in total. The van der Waals surface area contributed by atoms with Gasteiger partial charge in [-0.3, -0.25) is 4.79 Å². The second kappa shape index (κ2) is 7.79. The van der Waals surface area contributed by atoms with Crippen molar-refractivity contribution >= 4 is 27.5 Å². The molecule has 0 radical (unpaired) electrons. The highest BCUT2D eigenvalue weighted by molar-refractivity contribution is 7.99. The van der Waals surface area contributed by atoms with Crippen LogP contribution in [0.3, 0.4) is 0 Å². The molecule has 0 N–H and O–H groups in total. The SMILES string of the molecule is O=C(c1ccccc1S(=O)(=O)C(F)F)N1CCS[C@H](c2ccco2)CC1. The van der Waals surface area contributed by atoms with Crippen LogP contribution in [-0.4, -0.2) is 43.8 Å². The van der Waals surface area contributed by atoms with E-state index in [9.17, 15) is 22.0 Å². The molecule has 0 bridgehead atoms. The number of amides is 1. The number of halogens is 2. The van der Waals surface area contributed by atoms with Crippen molar-refractivity contribution < 1.29 is 26.4 Å². The minimum atomic E-state index is -4.85. The normalized spacial score (nSPS) is 18.7. The van der Waals surface area contributed by atoms with E-state index < -0.39 is 26.4 Å². The highest BCUT2D eigenvalue weighted by Gasteiger charge is 2.33. The molecule has 1 amide bonds. The van der Waals surface area contributed by atoms with Crippen LogP contribution in [0.1, 0.15) is 27.8 Å². The van der Waals surface area contributed by atoms with Crippen LogP contribution in [-0.2, 0) is 9.84 Å². The number of carbonyl (C=O) groups excluding carboxylic acids is 1. The van der Waals surface area contributed by atoms with Crippen molar-refractivity contribution in [3.63, 3.8) is 0 Å². The number of hydrogen-bond donors (Lipinski definition) is 0. The van der Waals surface area contributed by atoms with Crippen LogP contribution in [0.15, 0.2) is 52.0 Å². The fourth-order valence-electron chi connectivity index (χ4n) is 2.83. The molecular formula is C17H17F2NO4S2. The minimum Gasteiger partial charge on any atom is -0.468 e. The van der Waals surface area contributed by atoms with Crippen LogP contribution >= 0.6 is 11.8 Å². The summed E-state index contributed by atoms with van der Waals surface area (Å²) in [5.41, 5.74) is -0.214. The summed E-state index contributed by atoms with van der Waals surface area (Å²) in [6.45, 7) is 0.796. The maximum atomic E-state index is 12.9. The number of nitrogens with zero attached hydrogens (tertiary/aromatic N) is 1. The Labute approximate surface area is 154 Å². The Morgan fingerprint density at radius 2 is 1.96 bits per heavy atom. The molecule has 0 saturated carbocycles. The number of thioether (sulfide) groups is 1. The van der Waals surface area contributed by atoms with Crippen molar-refractivity contribution in [2.75, 3.05) is 18.8 Å². The summed E-state index contributed by atoms with van der Waals surface area (Å²) in [5, 5.41) is 0.0999. The zero-order chi connectivity index (χ0) is 18.7. The number of benzene rings is 1. The smallest absolute Gasteiger partial charge is 0.341 e. The van der Waals surface area contributed by atoms with Crippen LogP contribution < -0.4 is 0 Å². The summed E-state index contributed by atoms with van der Waals surface area (Å²) >= 11 is 1.65. The summed E-state index contributed by atoms with van der Waals surface area (Å²) < 4.78 is 55.0. The summed E-state index contributed by atoms with van der Waals surface area (Å²) in [7, 11) is -4.85. The summed E-state index contributed by atoms with van der Waals surface area (Å²) in [6, 6.07) is 8.80. The zero-order valence-corrected chi connectivity index (χ0v) is 15.3. The second-order valence-corrected chi connectivity index (χ2v) is 8.95. The summed E-state index contributed by atoms with van der Waals surface area (Å²) in [6.07, 6.45) is 2.23. The van der Waals surface area contributed by atoms with Crippen molar-refractivity contribution in [1.29, 1.82) is 0 Å². The molecule has 1 aliphatic rings. The average molecular weight is 401 g/mol. The molecule has 1 aliphatic heterocycles. The van der Waals surface area contributed by atoms with E-state index in [1.54, 1.807) is 24.1 Å². The Balaban J connectivity index is 1.82. The Bertz CT molecular complexity index is 869. The van der Waals surface area contributed by atoms with Gasteiger partial charge in [0, 0.05) is 18.8 Å². The lowest BCUT2D eigenvalue weighted by Gasteiger charge is -2.21. The molecule has 0 aliphatic carbocycles. The van der Waals surface area contributed by atoms with Gasteiger partial charge in [0.05, 0.1) is 22.0 Å². The van der Waals surface area contributed by atoms with Crippen molar-refractivity contribution in [2.45, 2.75) is 22.3 Å². The first kappa shape index (κ1) is 18.9. The van der Waals surface area contributed by atoms with E-state index in [4.69, 9.17) is 4.42 Å². The van der Waals surface area contributed by atoms with Gasteiger partial charge in [-0.2, -0.15) is 8.78 Å². The molecule has 26 heavy (non-hydrogen) atoms. The largest absolute Gasteiger partial charge is 0.468 e. The quantitative estimate of drug-likeness (QED) is 0.783. The monoisotopic (exact) mass is 401 g/mol. The Morgan fingerprint density at radius 1 is 1.19 bits per heavy atom. The van der Waals surface area contributed by atoms with E-state index in [-0.39, 0.29) is 10.8 Å². The van der Waals surface area contributed by atoms with E-state index in [0.717, 1.165) is 11.8 Å². The molecule has 9 heteroatoms. The third kappa shape index (κ3) is 3.78. The lowest BCUT2D eigenvalue weighted by molar-refractivity contribution is 0.0762. The van der Waals surface area contributed by atoms with Crippen LogP contribution in [0, 0.1) is 0 Å². The average Bonchev–Trinajstić information content (AvgIpc) is 3.05. The third-order valence-electron chi connectivity index (χ3n) is 4.15. The topological polar surface area (TPSA) is 67.6 Å². The Morgan fingerprint density at radius 3 is 2.65 bits per heavy atom. The van der Waals surface area contributed by atoms with Crippen molar-refractivity contribution in [3.8, 4) is 0 Å². The van der Waals surface area contributed by atoms with Crippen LogP contribution in [0.2, 0.25) is 0 Å². The number of sulfone groups is 1. The van der Waals surface area contributed by atoms with Crippen molar-refractivity contribution in [2.24, 2.45) is 0 Å². The fraction of sp³-hybridized carbons (Fsp3) is 0.353. The first-order valence-electron chi connectivity index (χ1n) is 7.96. The van der Waals surface area contributed by atoms with Gasteiger partial charge < -0.3 is 9.32 Å². The van der Waals surface area contributed by atoms with Gasteiger partial charge in [-0.25, -0.2) is 8.42 Å². The lowest BCUT2D eigenvalue weighted by atomic mass is 10.1. The summed E-state index contributed by atoms with van der Waals surface area (Å²) in [4.78, 5) is 13.7. The maximum absolute atomic E-state index is 12.9. The lowest BCUT2D eigenvalue weighted by Crippen LogP contribution is -2.34. The molecule has 2 aromatic rings. The Hall–Kier alpha value is -1.87. The first-order valence-corrected chi connectivity index (χ1v) is 10.6. The highest BCUT2D eigenvalue weighted by Crippen LogP contribution is 2.35. The molecule has 3 rings (SSSR count). The van der Waals surface area contributed by atoms with E-state index in [1.807, 2.05) is 6.07 Å². The standard InChI is InChI=1S/C17H17F2NO4S2/c18-17(19)26(22,23)15-6-2-1-4-12(15)16(21)20-8-7-14(25-11-9-20)13-5-3-10-24-13/h1-6,10,14,17H,7-9,11H2/t14-/m0/s1. The zero-order valence-electron chi connectivity index (χ0n) is 13.7. The van der Waals surface area contributed by atoms with Crippen LogP contribution in [0.5, 0.6) is 0 Å². The minimum absolute atomic E-state index is 0.0999. The number of carbonyl (C=O) groups is 1. The number of hydrogen-bond acceptors (Lipinski definition) is 5. The number of furan rings is 1. The van der Waals surface area contributed by atoms with Crippen molar-refractivity contribution in [3.05, 3.63) is 54.0 Å². The predicted molar refractivity (Wildman–Crippen MR) is 94.1 cm³/mol. The molecule has 1 saturated heterocycles. The molecule has 0 unspecified atom stereocenters. The predicted octanol–water partition coefficient (Wildman–Crippen LogP) is 3.60. The van der Waals surface area contributed by atoms with Gasteiger partial charge in [0.1, 0.15) is 5.76 Å². The van der Waals surface area contributed by atoms with E-state index >= 15 is 0 Å². The Kier molecular flexibility index (Phi) is 5.67. The van der Waals surface area contributed by atoms with E-state index in [1.165, 1.54) is 23.1 Å². The van der Waals surface area contributed by atoms with Gasteiger partial charge >= 0.3 is 5.76 Å². The highest BCUT2D eigenvalue weighted by atomic mass is 32.2. The molecule has 1 aromatic carbocycles. The van der Waals surface area contributed by atoms with Gasteiger partial charge in [-0.1, -0.05) is 12.1 Å². The van der Waals surface area contributed by atoms with E-state index in [2.05, 4.69) is 0 Å².